The number of hydrogen-bond acceptors (Lipinski definition) is 3. The zero-order valence-corrected chi connectivity index (χ0v) is 5.88. The van der Waals surface area contributed by atoms with Crippen LogP contribution in [0.1, 0.15) is 0 Å². The third-order valence-electron chi connectivity index (χ3n) is 0. The fraction of sp³-hybridized carbons (Fsp3) is 0. The van der Waals surface area contributed by atoms with E-state index in [0.717, 1.165) is 0 Å². The predicted octanol–water partition coefficient (Wildman–Crippen LogP) is -4.33. The standard InChI is InChI=1S/Al.BO3.Dy/c;2-1(3)4;/q+3;-3;+3. The zero-order valence-electron chi connectivity index (χ0n) is 2.70. The average Bonchev–Trinajstić information content (AvgIpc) is 0.811. The number of hydrogen-bond donors (Lipinski definition) is 0. The summed E-state index contributed by atoms with van der Waals surface area (Å²) in [4.78, 5) is 0. The first-order valence-corrected chi connectivity index (χ1v) is 0.707. The Morgan fingerprint density at radius 1 is 1.00 bits per heavy atom. The smallest absolute Gasteiger partial charge is 0.907 e. The second-order valence-corrected chi connectivity index (χ2v) is 0.289. The SMILES string of the molecule is [Al+3].[Dy+3].[O-]B([O-])[O-]. The van der Waals surface area contributed by atoms with Gasteiger partial charge in [0.05, 0.1) is 0 Å². The van der Waals surface area contributed by atoms with Gasteiger partial charge in [-0.05, 0) is 0 Å². The zero-order chi connectivity index (χ0) is 3.58. The van der Waals surface area contributed by atoms with Gasteiger partial charge in [0.25, 0.3) is 0 Å². The van der Waals surface area contributed by atoms with Crippen molar-refractivity contribution in [2.75, 3.05) is 0 Å². The molecule has 0 bridgehead atoms. The van der Waals surface area contributed by atoms with Crippen LogP contribution in [0.2, 0.25) is 0 Å². The molecule has 0 aromatic carbocycles. The second-order valence-electron chi connectivity index (χ2n) is 0.289. The van der Waals surface area contributed by atoms with Crippen LogP contribution in [0.15, 0.2) is 0 Å². The molecular weight excluding hydrogens is 248 g/mol. The van der Waals surface area contributed by atoms with Crippen LogP contribution in [0.4, 0.5) is 0 Å². The molecule has 6 heteroatoms. The molecule has 0 atom stereocenters. The molecule has 0 heterocycles. The quantitative estimate of drug-likeness (QED) is 0.407. The minimum atomic E-state index is -2.92. The van der Waals surface area contributed by atoms with Crippen LogP contribution in [0.25, 0.3) is 0 Å². The van der Waals surface area contributed by atoms with Crippen LogP contribution >= 0.6 is 0 Å². The molecule has 0 fully saturated rings. The third kappa shape index (κ3) is 42.4. The van der Waals surface area contributed by atoms with Crippen molar-refractivity contribution in [3.8, 4) is 0 Å². The maximum atomic E-state index is 8.42. The van der Waals surface area contributed by atoms with E-state index in [-0.39, 0.29) is 55.5 Å². The molecule has 6 heavy (non-hydrogen) atoms. The van der Waals surface area contributed by atoms with Crippen LogP contribution in [0.3, 0.4) is 0 Å². The topological polar surface area (TPSA) is 69.2 Å². The predicted molar refractivity (Wildman–Crippen MR) is 11.5 cm³/mol. The van der Waals surface area contributed by atoms with Gasteiger partial charge in [-0.15, -0.1) is 0 Å². The van der Waals surface area contributed by atoms with Gasteiger partial charge >= 0.3 is 55.5 Å². The summed E-state index contributed by atoms with van der Waals surface area (Å²) in [5, 5.41) is 25.2. The van der Waals surface area contributed by atoms with E-state index < -0.39 is 7.32 Å². The molecule has 1 radical (unpaired) electrons. The minimum Gasteiger partial charge on any atom is -0.907 e. The second kappa shape index (κ2) is 9.89. The van der Waals surface area contributed by atoms with Gasteiger partial charge in [0.2, 0.25) is 0 Å². The van der Waals surface area contributed by atoms with Gasteiger partial charge in [-0.25, -0.2) is 0 Å². The molecule has 0 N–H and O–H groups in total. The van der Waals surface area contributed by atoms with Crippen molar-refractivity contribution in [2.24, 2.45) is 0 Å². The van der Waals surface area contributed by atoms with Gasteiger partial charge in [0, 0.05) is 0 Å². The first kappa shape index (κ1) is 15.7. The van der Waals surface area contributed by atoms with E-state index in [1.807, 2.05) is 0 Å². The van der Waals surface area contributed by atoms with E-state index in [1.165, 1.54) is 0 Å². The molecule has 0 amide bonds. The normalized spacial score (nSPS) is 4.50. The summed E-state index contributed by atoms with van der Waals surface area (Å²) in [5.74, 6) is 0. The molecule has 0 aliphatic heterocycles. The minimum absolute atomic E-state index is 0. The molecule has 3 nitrogen and oxygen atoms in total. The summed E-state index contributed by atoms with van der Waals surface area (Å²) in [5.41, 5.74) is 0. The van der Waals surface area contributed by atoms with Gasteiger partial charge in [0.1, 0.15) is 0 Å². The Kier molecular flexibility index (Phi) is 25.8. The summed E-state index contributed by atoms with van der Waals surface area (Å²) < 4.78 is 0. The monoisotopic (exact) mass is 250 g/mol. The summed E-state index contributed by atoms with van der Waals surface area (Å²) in [6.45, 7) is 0. The Hall–Kier alpha value is 1.75. The molecule has 0 aliphatic rings. The van der Waals surface area contributed by atoms with Crippen LogP contribution in [0.5, 0.6) is 0 Å². The Bertz CT molecular complexity index is 15.5. The van der Waals surface area contributed by atoms with E-state index in [2.05, 4.69) is 0 Å². The fourth-order valence-electron chi connectivity index (χ4n) is 0. The van der Waals surface area contributed by atoms with Gasteiger partial charge in [-0.3, -0.25) is 7.32 Å². The van der Waals surface area contributed by atoms with Crippen molar-refractivity contribution in [3.05, 3.63) is 0 Å². The Balaban J connectivity index is -0.0000000450. The maximum absolute atomic E-state index is 8.42. The molecule has 0 rings (SSSR count). The molecule has 0 aromatic rings. The van der Waals surface area contributed by atoms with E-state index >= 15 is 0 Å². The van der Waals surface area contributed by atoms with Crippen LogP contribution in [-0.2, 0) is 0 Å². The molecular formula is AlBDyO3+3. The van der Waals surface area contributed by atoms with Crippen molar-refractivity contribution in [1.82, 2.24) is 0 Å². The molecule has 0 saturated carbocycles. The largest absolute Gasteiger partial charge is 3.00 e. The first-order valence-electron chi connectivity index (χ1n) is 0.707. The molecule has 31 valence electrons. The van der Waals surface area contributed by atoms with E-state index in [4.69, 9.17) is 15.1 Å². The van der Waals surface area contributed by atoms with Crippen molar-refractivity contribution in [1.29, 1.82) is 0 Å². The Morgan fingerprint density at radius 3 is 1.00 bits per heavy atom. The Morgan fingerprint density at radius 2 is 1.00 bits per heavy atom. The molecule has 0 spiro atoms. The van der Waals surface area contributed by atoms with Gasteiger partial charge in [0.15, 0.2) is 0 Å². The van der Waals surface area contributed by atoms with Gasteiger partial charge in [-0.2, -0.15) is 0 Å². The van der Waals surface area contributed by atoms with E-state index in [9.17, 15) is 0 Å². The average molecular weight is 248 g/mol. The maximum Gasteiger partial charge on any atom is 3.00 e. The van der Waals surface area contributed by atoms with E-state index in [0.29, 0.717) is 0 Å². The Labute approximate surface area is 77.1 Å². The van der Waals surface area contributed by atoms with Crippen molar-refractivity contribution in [2.45, 2.75) is 0 Å². The van der Waals surface area contributed by atoms with Crippen molar-refractivity contribution in [3.63, 3.8) is 0 Å². The van der Waals surface area contributed by atoms with E-state index in [1.54, 1.807) is 0 Å². The summed E-state index contributed by atoms with van der Waals surface area (Å²) in [6.07, 6.45) is 0. The summed E-state index contributed by atoms with van der Waals surface area (Å²) in [7, 11) is -2.92. The third-order valence-corrected chi connectivity index (χ3v) is 0. The first-order chi connectivity index (χ1) is 1.73. The van der Waals surface area contributed by atoms with Crippen LogP contribution in [-0.4, -0.2) is 24.7 Å². The molecule has 0 aromatic heterocycles. The number of rotatable bonds is 0. The fourth-order valence-corrected chi connectivity index (χ4v) is 0. The van der Waals surface area contributed by atoms with Crippen LogP contribution < -0.4 is 15.1 Å². The van der Waals surface area contributed by atoms with Crippen molar-refractivity contribution < 1.29 is 53.2 Å². The van der Waals surface area contributed by atoms with Crippen molar-refractivity contribution >= 4 is 24.7 Å². The molecule has 0 unspecified atom stereocenters. The van der Waals surface area contributed by atoms with Crippen LogP contribution in [0, 0.1) is 38.2 Å². The molecule has 0 aliphatic carbocycles. The van der Waals surface area contributed by atoms with Gasteiger partial charge < -0.3 is 15.1 Å². The summed E-state index contributed by atoms with van der Waals surface area (Å²) >= 11 is 0. The van der Waals surface area contributed by atoms with Gasteiger partial charge in [-0.1, -0.05) is 0 Å². The summed E-state index contributed by atoms with van der Waals surface area (Å²) in [6, 6.07) is 0. The molecule has 0 saturated heterocycles.